The fourth-order valence-electron chi connectivity index (χ4n) is 2.08. The van der Waals surface area contributed by atoms with E-state index in [2.05, 4.69) is 17.6 Å². The lowest BCUT2D eigenvalue weighted by atomic mass is 10.1. The Kier molecular flexibility index (Phi) is 2.97. The maximum Gasteiger partial charge on any atom is 0.416 e. The third-order valence-electron chi connectivity index (χ3n) is 3.01. The highest BCUT2D eigenvalue weighted by atomic mass is 32.1. The SMILES string of the molecule is FC(F)(F)c1ccc2ccn(-c3cncc(S)c3)c2c1. The first-order valence-electron chi connectivity index (χ1n) is 5.78. The van der Waals surface area contributed by atoms with Gasteiger partial charge in [-0.25, -0.2) is 0 Å². The Morgan fingerprint density at radius 2 is 1.85 bits per heavy atom. The summed E-state index contributed by atoms with van der Waals surface area (Å²) < 4.78 is 40.0. The number of alkyl halides is 3. The molecule has 0 bridgehead atoms. The maximum absolute atomic E-state index is 12.8. The molecule has 0 atom stereocenters. The molecule has 0 aliphatic rings. The zero-order chi connectivity index (χ0) is 14.3. The van der Waals surface area contributed by atoms with E-state index in [1.54, 1.807) is 35.3 Å². The van der Waals surface area contributed by atoms with E-state index >= 15 is 0 Å². The third-order valence-corrected chi connectivity index (χ3v) is 3.25. The van der Waals surface area contributed by atoms with Crippen LogP contribution in [-0.4, -0.2) is 9.55 Å². The molecule has 0 saturated heterocycles. The molecule has 20 heavy (non-hydrogen) atoms. The number of benzene rings is 1. The lowest BCUT2D eigenvalue weighted by Crippen LogP contribution is -2.04. The van der Waals surface area contributed by atoms with Crippen LogP contribution in [-0.2, 0) is 6.18 Å². The Morgan fingerprint density at radius 1 is 1.05 bits per heavy atom. The highest BCUT2D eigenvalue weighted by molar-refractivity contribution is 7.80. The van der Waals surface area contributed by atoms with E-state index in [-0.39, 0.29) is 0 Å². The van der Waals surface area contributed by atoms with Gasteiger partial charge in [0, 0.05) is 17.3 Å². The lowest BCUT2D eigenvalue weighted by molar-refractivity contribution is -0.137. The van der Waals surface area contributed by atoms with Crippen LogP contribution in [0.3, 0.4) is 0 Å². The van der Waals surface area contributed by atoms with Crippen molar-refractivity contribution in [2.75, 3.05) is 0 Å². The van der Waals surface area contributed by atoms with Crippen LogP contribution in [0.2, 0.25) is 0 Å². The maximum atomic E-state index is 12.8. The highest BCUT2D eigenvalue weighted by Gasteiger charge is 2.30. The second kappa shape index (κ2) is 4.56. The van der Waals surface area contributed by atoms with Crippen molar-refractivity contribution in [3.63, 3.8) is 0 Å². The van der Waals surface area contributed by atoms with Crippen molar-refractivity contribution in [1.29, 1.82) is 0 Å². The van der Waals surface area contributed by atoms with Gasteiger partial charge < -0.3 is 4.57 Å². The lowest BCUT2D eigenvalue weighted by Gasteiger charge is -2.09. The standard InChI is InChI=1S/C14H9F3N2S/c15-14(16,17)10-2-1-9-3-4-19(13(9)5-10)11-6-12(20)8-18-7-11/h1-8,20H. The number of fused-ring (bicyclic) bond motifs is 1. The van der Waals surface area contributed by atoms with Gasteiger partial charge in [0.25, 0.3) is 0 Å². The highest BCUT2D eigenvalue weighted by Crippen LogP contribution is 2.32. The number of thiol groups is 1. The Morgan fingerprint density at radius 3 is 2.55 bits per heavy atom. The molecular formula is C14H9F3N2S. The van der Waals surface area contributed by atoms with Crippen LogP contribution in [0, 0.1) is 0 Å². The van der Waals surface area contributed by atoms with E-state index in [0.29, 0.717) is 16.1 Å². The normalized spacial score (nSPS) is 12.0. The molecule has 2 nitrogen and oxygen atoms in total. The molecule has 2 aromatic heterocycles. The van der Waals surface area contributed by atoms with Crippen molar-refractivity contribution in [3.05, 3.63) is 54.5 Å². The Balaban J connectivity index is 2.22. The molecule has 0 fully saturated rings. The summed E-state index contributed by atoms with van der Waals surface area (Å²) in [5.41, 5.74) is 0.493. The van der Waals surface area contributed by atoms with Crippen molar-refractivity contribution in [2.24, 2.45) is 0 Å². The molecule has 2 heterocycles. The van der Waals surface area contributed by atoms with Crippen molar-refractivity contribution in [3.8, 4) is 5.69 Å². The molecule has 3 rings (SSSR count). The first-order chi connectivity index (χ1) is 9.45. The van der Waals surface area contributed by atoms with Gasteiger partial charge in [-0.05, 0) is 29.7 Å². The van der Waals surface area contributed by atoms with Crippen LogP contribution < -0.4 is 0 Å². The summed E-state index contributed by atoms with van der Waals surface area (Å²) in [6, 6.07) is 7.20. The molecule has 1 aromatic carbocycles. The van der Waals surface area contributed by atoms with Gasteiger partial charge in [-0.15, -0.1) is 12.6 Å². The van der Waals surface area contributed by atoms with Gasteiger partial charge in [-0.3, -0.25) is 4.98 Å². The van der Waals surface area contributed by atoms with Crippen molar-refractivity contribution in [1.82, 2.24) is 9.55 Å². The molecule has 0 radical (unpaired) electrons. The minimum Gasteiger partial charge on any atom is -0.315 e. The van der Waals surface area contributed by atoms with Crippen molar-refractivity contribution in [2.45, 2.75) is 11.1 Å². The number of rotatable bonds is 1. The first kappa shape index (κ1) is 13.1. The van der Waals surface area contributed by atoms with E-state index < -0.39 is 11.7 Å². The largest absolute Gasteiger partial charge is 0.416 e. The summed E-state index contributed by atoms with van der Waals surface area (Å²) in [5.74, 6) is 0. The minimum absolute atomic E-state index is 0.487. The average Bonchev–Trinajstić information content (AvgIpc) is 2.80. The Labute approximate surface area is 118 Å². The average molecular weight is 294 g/mol. The number of pyridine rings is 1. The van der Waals surface area contributed by atoms with Crippen molar-refractivity contribution < 1.29 is 13.2 Å². The Bertz CT molecular complexity index is 777. The number of halogens is 3. The van der Waals surface area contributed by atoms with Gasteiger partial charge in [-0.2, -0.15) is 13.2 Å². The van der Waals surface area contributed by atoms with Gasteiger partial charge in [0.05, 0.1) is 23.0 Å². The smallest absolute Gasteiger partial charge is 0.315 e. The molecule has 3 aromatic rings. The van der Waals surface area contributed by atoms with Crippen molar-refractivity contribution >= 4 is 23.5 Å². The fourth-order valence-corrected chi connectivity index (χ4v) is 2.28. The van der Waals surface area contributed by atoms with Crippen LogP contribution in [0.25, 0.3) is 16.6 Å². The Hall–Kier alpha value is -1.95. The zero-order valence-electron chi connectivity index (χ0n) is 10.1. The summed E-state index contributed by atoms with van der Waals surface area (Å²) in [6.45, 7) is 0. The molecule has 0 N–H and O–H groups in total. The van der Waals surface area contributed by atoms with Crippen LogP contribution in [0.5, 0.6) is 0 Å². The zero-order valence-corrected chi connectivity index (χ0v) is 11.0. The summed E-state index contributed by atoms with van der Waals surface area (Å²) in [7, 11) is 0. The molecule has 0 unspecified atom stereocenters. The van der Waals surface area contributed by atoms with Gasteiger partial charge in [-0.1, -0.05) is 6.07 Å². The summed E-state index contributed by atoms with van der Waals surface area (Å²) in [5, 5.41) is 0.738. The van der Waals surface area contributed by atoms with E-state index in [1.807, 2.05) is 0 Å². The number of hydrogen-bond acceptors (Lipinski definition) is 2. The summed E-state index contributed by atoms with van der Waals surface area (Å²) >= 11 is 4.19. The van der Waals surface area contributed by atoms with Crippen LogP contribution in [0.1, 0.15) is 5.56 Å². The van der Waals surface area contributed by atoms with E-state index in [0.717, 1.165) is 17.5 Å². The predicted molar refractivity (Wildman–Crippen MR) is 73.3 cm³/mol. The van der Waals surface area contributed by atoms with Crippen LogP contribution in [0.4, 0.5) is 13.2 Å². The molecule has 0 aliphatic carbocycles. The molecule has 0 spiro atoms. The van der Waals surface area contributed by atoms with Gasteiger partial charge in [0.15, 0.2) is 0 Å². The van der Waals surface area contributed by atoms with Gasteiger partial charge in [0.1, 0.15) is 0 Å². The topological polar surface area (TPSA) is 17.8 Å². The predicted octanol–water partition coefficient (Wildman–Crippen LogP) is 4.33. The fraction of sp³-hybridized carbons (Fsp3) is 0.0714. The van der Waals surface area contributed by atoms with Crippen LogP contribution in [0.15, 0.2) is 53.8 Å². The second-order valence-corrected chi connectivity index (χ2v) is 4.87. The van der Waals surface area contributed by atoms with E-state index in [9.17, 15) is 13.2 Å². The number of nitrogens with zero attached hydrogens (tertiary/aromatic N) is 2. The molecular weight excluding hydrogens is 285 g/mol. The summed E-state index contributed by atoms with van der Waals surface area (Å²) in [6.07, 6.45) is 0.515. The van der Waals surface area contributed by atoms with Crippen LogP contribution >= 0.6 is 12.6 Å². The quantitative estimate of drug-likeness (QED) is 0.661. The molecule has 6 heteroatoms. The monoisotopic (exact) mass is 294 g/mol. The van der Waals surface area contributed by atoms with Gasteiger partial charge >= 0.3 is 6.18 Å². The minimum atomic E-state index is -4.35. The van der Waals surface area contributed by atoms with E-state index in [4.69, 9.17) is 0 Å². The number of aromatic nitrogens is 2. The third kappa shape index (κ3) is 2.27. The molecule has 0 amide bonds. The molecule has 102 valence electrons. The second-order valence-electron chi connectivity index (χ2n) is 4.36. The molecule has 0 aliphatic heterocycles. The summed E-state index contributed by atoms with van der Waals surface area (Å²) in [4.78, 5) is 4.65. The number of hydrogen-bond donors (Lipinski definition) is 1. The van der Waals surface area contributed by atoms with Gasteiger partial charge in [0.2, 0.25) is 0 Å². The van der Waals surface area contributed by atoms with E-state index in [1.165, 1.54) is 6.07 Å². The first-order valence-corrected chi connectivity index (χ1v) is 6.22. The molecule has 0 saturated carbocycles.